The number of carbonyl (C=O) groups excluding carboxylic acids is 6. The van der Waals surface area contributed by atoms with Crippen LogP contribution in [0, 0.1) is 16.7 Å². The molecule has 5 N–H and O–H groups in total. The number of aliphatic hydroxyl groups excluding tert-OH is 3. The molecule has 2 bridgehead atoms. The van der Waals surface area contributed by atoms with Crippen molar-refractivity contribution in [3.63, 3.8) is 0 Å². The zero-order valence-electron chi connectivity index (χ0n) is 36.1. The highest BCUT2D eigenvalue weighted by molar-refractivity contribution is 5.95. The second-order valence-corrected chi connectivity index (χ2v) is 18.3. The molecule has 1 aliphatic heterocycles. The second kappa shape index (κ2) is 16.5. The molecule has 0 radical (unpaired) electrons. The third kappa shape index (κ3) is 7.78. The van der Waals surface area contributed by atoms with E-state index in [2.05, 4.69) is 5.32 Å². The molecule has 2 saturated carbocycles. The van der Waals surface area contributed by atoms with Crippen molar-refractivity contribution in [1.82, 2.24) is 5.32 Å². The molecule has 62 heavy (non-hydrogen) atoms. The van der Waals surface area contributed by atoms with Crippen molar-refractivity contribution in [3.8, 4) is 0 Å². The van der Waals surface area contributed by atoms with Gasteiger partial charge in [-0.15, -0.1) is 0 Å². The van der Waals surface area contributed by atoms with Crippen LogP contribution in [0.25, 0.3) is 0 Å². The van der Waals surface area contributed by atoms with Gasteiger partial charge in [0.05, 0.1) is 35.6 Å². The first-order valence-corrected chi connectivity index (χ1v) is 20.3. The predicted molar refractivity (Wildman–Crippen MR) is 215 cm³/mol. The molecule has 1 unspecified atom stereocenters. The predicted octanol–water partition coefficient (Wildman–Crippen LogP) is 2.80. The first kappa shape index (κ1) is 46.3. The first-order valence-electron chi connectivity index (χ1n) is 20.3. The number of benzene rings is 2. The third-order valence-electron chi connectivity index (χ3n) is 12.9. The van der Waals surface area contributed by atoms with Crippen LogP contribution in [0.1, 0.15) is 90.7 Å². The summed E-state index contributed by atoms with van der Waals surface area (Å²) in [6.07, 6.45) is -14.6. The zero-order valence-corrected chi connectivity index (χ0v) is 36.1. The summed E-state index contributed by atoms with van der Waals surface area (Å²) < 4.78 is 35.2. The van der Waals surface area contributed by atoms with E-state index in [1.807, 2.05) is 0 Å². The summed E-state index contributed by atoms with van der Waals surface area (Å²) in [4.78, 5) is 83.0. The Morgan fingerprint density at radius 3 is 2.02 bits per heavy atom. The summed E-state index contributed by atoms with van der Waals surface area (Å²) in [5, 5.41) is 51.5. The Kier molecular flexibility index (Phi) is 12.3. The number of rotatable bonds is 9. The summed E-state index contributed by atoms with van der Waals surface area (Å²) in [5.74, 6) is -6.92. The lowest BCUT2D eigenvalue weighted by molar-refractivity contribution is -0.369. The van der Waals surface area contributed by atoms with Crippen LogP contribution in [-0.4, -0.2) is 122 Å². The molecule has 12 atom stereocenters. The smallest absolute Gasteiger partial charge is 0.408 e. The number of ketones is 1. The number of hydrogen-bond acceptors (Lipinski definition) is 16. The number of alkyl carbamates (subject to hydrolysis) is 1. The van der Waals surface area contributed by atoms with Crippen LogP contribution in [0.4, 0.5) is 4.79 Å². The Morgan fingerprint density at radius 2 is 1.48 bits per heavy atom. The molecule has 3 aliphatic carbocycles. The molecular weight excluding hydrogens is 810 g/mol. The van der Waals surface area contributed by atoms with E-state index in [9.17, 15) is 44.4 Å². The largest absolute Gasteiger partial charge is 0.456 e. The molecule has 2 aromatic rings. The van der Waals surface area contributed by atoms with E-state index in [0.29, 0.717) is 5.56 Å². The Morgan fingerprint density at radius 1 is 0.887 bits per heavy atom. The molecule has 17 nitrogen and oxygen atoms in total. The first-order chi connectivity index (χ1) is 28.8. The Hall–Kier alpha value is -5.20. The molecule has 1 saturated heterocycles. The van der Waals surface area contributed by atoms with E-state index in [4.69, 9.17) is 28.4 Å². The fourth-order valence-corrected chi connectivity index (χ4v) is 9.90. The molecule has 3 fully saturated rings. The van der Waals surface area contributed by atoms with Crippen LogP contribution in [-0.2, 0) is 47.6 Å². The minimum Gasteiger partial charge on any atom is -0.456 e. The Labute approximate surface area is 358 Å². The Bertz CT molecular complexity index is 2130. The number of carbonyl (C=O) groups is 6. The molecule has 1 amide bonds. The molecule has 1 heterocycles. The van der Waals surface area contributed by atoms with Gasteiger partial charge < -0.3 is 54.2 Å². The molecule has 2 aromatic carbocycles. The molecular formula is C45H55NO16. The summed E-state index contributed by atoms with van der Waals surface area (Å²) >= 11 is 0. The van der Waals surface area contributed by atoms with Crippen molar-refractivity contribution in [1.29, 1.82) is 0 Å². The number of amides is 1. The van der Waals surface area contributed by atoms with Crippen LogP contribution in [0.3, 0.4) is 0 Å². The lowest BCUT2D eigenvalue weighted by Crippen LogP contribution is -2.85. The maximum Gasteiger partial charge on any atom is 0.408 e. The standard InChI is InChI=1S/C45H55NO16/c1-22-27(59-39(54)30(49)29(25-16-12-10-13-17-25)46-40(55)62-41(4,5)6)20-45(56)37(60-38(53)26-18-14-11-15-19-26)33-43(9,35(52)32(58-23(2)47)28(22)42(45,7)8)34(51)31(50)36-44(33,21-57-36)61-24(3)48/h10-19,27,29-34,36-37,49-51,56H,20-21H2,1-9H3,(H,46,55)/t27-,29-,30+,31-,32+,33-,34+,36?,37-,43-,44+,45+/m0/s1. The van der Waals surface area contributed by atoms with Crippen LogP contribution < -0.4 is 5.32 Å². The van der Waals surface area contributed by atoms with E-state index in [1.54, 1.807) is 69.3 Å². The number of Topliss-reactive ketones (excluding diaryl/α,β-unsaturated/α-hetero) is 1. The molecule has 17 heteroatoms. The summed E-state index contributed by atoms with van der Waals surface area (Å²) in [5.41, 5.74) is -9.25. The number of nitrogens with one attached hydrogen (secondary N) is 1. The molecule has 0 aromatic heterocycles. The van der Waals surface area contributed by atoms with Crippen molar-refractivity contribution in [2.75, 3.05) is 6.61 Å². The van der Waals surface area contributed by atoms with Gasteiger partial charge in [-0.05, 0) is 63.5 Å². The van der Waals surface area contributed by atoms with Crippen LogP contribution >= 0.6 is 0 Å². The fourth-order valence-electron chi connectivity index (χ4n) is 9.90. The summed E-state index contributed by atoms with van der Waals surface area (Å²) in [6.45, 7) is 12.2. The number of fused-ring (bicyclic) bond motifs is 5. The fraction of sp³-hybridized carbons (Fsp3) is 0.556. The van der Waals surface area contributed by atoms with Crippen LogP contribution in [0.5, 0.6) is 0 Å². The van der Waals surface area contributed by atoms with Gasteiger partial charge in [0, 0.05) is 25.7 Å². The number of ether oxygens (including phenoxy) is 6. The minimum atomic E-state index is -2.49. The van der Waals surface area contributed by atoms with Gasteiger partial charge in [0.25, 0.3) is 0 Å². The lowest BCUT2D eigenvalue weighted by Gasteiger charge is -2.68. The van der Waals surface area contributed by atoms with E-state index < -0.39 is 131 Å². The highest BCUT2D eigenvalue weighted by Gasteiger charge is 2.80. The van der Waals surface area contributed by atoms with Crippen molar-refractivity contribution in [2.45, 2.75) is 134 Å². The molecule has 0 spiro atoms. The minimum absolute atomic E-state index is 0.0134. The quantitative estimate of drug-likeness (QED) is 0.138. The van der Waals surface area contributed by atoms with Crippen molar-refractivity contribution >= 4 is 35.8 Å². The second-order valence-electron chi connectivity index (χ2n) is 18.3. The lowest BCUT2D eigenvalue weighted by atomic mass is 9.44. The maximum atomic E-state index is 15.5. The highest BCUT2D eigenvalue weighted by Crippen LogP contribution is 2.64. The van der Waals surface area contributed by atoms with Gasteiger partial charge in [-0.3, -0.25) is 14.4 Å². The van der Waals surface area contributed by atoms with Crippen molar-refractivity contribution < 1.29 is 77.6 Å². The maximum absolute atomic E-state index is 15.5. The van der Waals surface area contributed by atoms with Crippen LogP contribution in [0.2, 0.25) is 0 Å². The van der Waals surface area contributed by atoms with Gasteiger partial charge in [-0.25, -0.2) is 14.4 Å². The number of aliphatic hydroxyl groups is 4. The number of hydrogen-bond donors (Lipinski definition) is 5. The SMILES string of the molecule is CC(=O)O[C@H]1C(=O)[C@]2(C)[C@H](O)[C@H](O)C3OC[C@@]3(OC(C)=O)[C@H]2[C@H](OC(=O)c2ccccc2)[C@]2(O)C[C@H](OC(=O)[C@H](O)[C@@H](NC(=O)OC(C)(C)C)c3ccccc3)C(C)=C1C2(C)C. The van der Waals surface area contributed by atoms with Gasteiger partial charge in [0.15, 0.2) is 23.6 Å². The van der Waals surface area contributed by atoms with Gasteiger partial charge in [0.2, 0.25) is 0 Å². The zero-order chi connectivity index (χ0) is 45.9. The van der Waals surface area contributed by atoms with E-state index in [1.165, 1.54) is 39.8 Å². The van der Waals surface area contributed by atoms with E-state index in [0.717, 1.165) is 13.8 Å². The van der Waals surface area contributed by atoms with E-state index in [-0.39, 0.29) is 16.7 Å². The average molecular weight is 866 g/mol. The average Bonchev–Trinajstić information content (AvgIpc) is 3.18. The normalized spacial score (nSPS) is 33.4. The van der Waals surface area contributed by atoms with Crippen LogP contribution in [0.15, 0.2) is 71.8 Å². The summed E-state index contributed by atoms with van der Waals surface area (Å²) in [7, 11) is 0. The van der Waals surface area contributed by atoms with Crippen molar-refractivity contribution in [2.24, 2.45) is 16.7 Å². The van der Waals surface area contributed by atoms with Crippen molar-refractivity contribution in [3.05, 3.63) is 82.9 Å². The molecule has 4 aliphatic rings. The number of esters is 4. The molecule has 6 rings (SSSR count). The van der Waals surface area contributed by atoms with Gasteiger partial charge in [-0.1, -0.05) is 62.4 Å². The van der Waals surface area contributed by atoms with Gasteiger partial charge >= 0.3 is 30.0 Å². The van der Waals surface area contributed by atoms with E-state index >= 15 is 4.79 Å². The van der Waals surface area contributed by atoms with Gasteiger partial charge in [0.1, 0.15) is 35.6 Å². The Balaban J connectivity index is 1.55. The monoisotopic (exact) mass is 865 g/mol. The highest BCUT2D eigenvalue weighted by atomic mass is 16.6. The summed E-state index contributed by atoms with van der Waals surface area (Å²) in [6, 6.07) is 14.3. The topological polar surface area (TPSA) is 251 Å². The molecule has 336 valence electrons. The van der Waals surface area contributed by atoms with Gasteiger partial charge in [-0.2, -0.15) is 0 Å². The third-order valence-corrected chi connectivity index (χ3v) is 12.9.